The van der Waals surface area contributed by atoms with Crippen molar-refractivity contribution in [2.45, 2.75) is 27.2 Å². The summed E-state index contributed by atoms with van der Waals surface area (Å²) >= 11 is 1.77. The number of benzene rings is 2. The molecule has 0 aliphatic carbocycles. The van der Waals surface area contributed by atoms with Crippen LogP contribution >= 0.6 is 11.3 Å². The van der Waals surface area contributed by atoms with Crippen molar-refractivity contribution in [1.29, 1.82) is 0 Å². The molecule has 2 aromatic carbocycles. The lowest BCUT2D eigenvalue weighted by atomic mass is 10.1. The molecule has 2 heterocycles. The van der Waals surface area contributed by atoms with Crippen LogP contribution in [0.3, 0.4) is 0 Å². The first-order valence-corrected chi connectivity index (χ1v) is 10.3. The molecular weight excluding hydrogens is 354 g/mol. The Kier molecular flexibility index (Phi) is 4.87. The van der Waals surface area contributed by atoms with Gasteiger partial charge in [0.25, 0.3) is 0 Å². The number of piperazine rings is 1. The molecule has 1 fully saturated rings. The van der Waals surface area contributed by atoms with Gasteiger partial charge in [-0.1, -0.05) is 53.3 Å². The normalized spacial score (nSPS) is 14.8. The molecule has 0 unspecified atom stereocenters. The molecule has 5 heteroatoms. The van der Waals surface area contributed by atoms with Crippen molar-refractivity contribution >= 4 is 32.6 Å². The highest BCUT2D eigenvalue weighted by Crippen LogP contribution is 2.33. The fraction of sp³-hybridized carbons (Fsp3) is 0.364. The summed E-state index contributed by atoms with van der Waals surface area (Å²) in [6.45, 7) is 9.54. The van der Waals surface area contributed by atoms with Crippen LogP contribution < -0.4 is 4.90 Å². The van der Waals surface area contributed by atoms with Crippen LogP contribution in [0, 0.1) is 20.8 Å². The number of hydrogen-bond donors (Lipinski definition) is 0. The first-order valence-electron chi connectivity index (χ1n) is 9.46. The Labute approximate surface area is 164 Å². The van der Waals surface area contributed by atoms with Crippen LogP contribution in [-0.2, 0) is 11.2 Å². The maximum Gasteiger partial charge on any atom is 0.227 e. The molecule has 0 bridgehead atoms. The van der Waals surface area contributed by atoms with Gasteiger partial charge in [0.2, 0.25) is 5.91 Å². The van der Waals surface area contributed by atoms with Gasteiger partial charge in [-0.15, -0.1) is 0 Å². The van der Waals surface area contributed by atoms with Gasteiger partial charge in [-0.2, -0.15) is 0 Å². The highest BCUT2D eigenvalue weighted by atomic mass is 32.1. The molecule has 1 amide bonds. The Morgan fingerprint density at radius 3 is 2.48 bits per heavy atom. The zero-order chi connectivity index (χ0) is 19.0. The van der Waals surface area contributed by atoms with E-state index in [-0.39, 0.29) is 5.91 Å². The molecule has 1 aliphatic rings. The number of fused-ring (bicyclic) bond motifs is 1. The van der Waals surface area contributed by atoms with Crippen molar-refractivity contribution in [2.75, 3.05) is 31.1 Å². The molecule has 0 atom stereocenters. The van der Waals surface area contributed by atoms with E-state index in [1.165, 1.54) is 21.4 Å². The molecule has 27 heavy (non-hydrogen) atoms. The number of rotatable bonds is 3. The van der Waals surface area contributed by atoms with Crippen molar-refractivity contribution < 1.29 is 4.79 Å². The van der Waals surface area contributed by atoms with Gasteiger partial charge in [-0.25, -0.2) is 4.98 Å². The quantitative estimate of drug-likeness (QED) is 0.687. The minimum Gasteiger partial charge on any atom is -0.345 e. The number of aromatic nitrogens is 1. The second-order valence-electron chi connectivity index (χ2n) is 7.41. The fourth-order valence-corrected chi connectivity index (χ4v) is 4.80. The van der Waals surface area contributed by atoms with Crippen molar-refractivity contribution in [3.8, 4) is 0 Å². The molecule has 1 aliphatic heterocycles. The van der Waals surface area contributed by atoms with Gasteiger partial charge in [-0.3, -0.25) is 4.79 Å². The molecule has 0 spiro atoms. The van der Waals surface area contributed by atoms with Crippen LogP contribution in [0.1, 0.15) is 22.3 Å². The monoisotopic (exact) mass is 379 g/mol. The summed E-state index contributed by atoms with van der Waals surface area (Å²) in [5.74, 6) is 0.219. The Morgan fingerprint density at radius 2 is 1.78 bits per heavy atom. The second-order valence-corrected chi connectivity index (χ2v) is 8.38. The number of hydrogen-bond acceptors (Lipinski definition) is 4. The number of carbonyl (C=O) groups excluding carboxylic acids is 1. The molecule has 1 saturated heterocycles. The van der Waals surface area contributed by atoms with Crippen LogP contribution in [-0.4, -0.2) is 42.0 Å². The summed E-state index contributed by atoms with van der Waals surface area (Å²) in [5.41, 5.74) is 5.93. The van der Waals surface area contributed by atoms with Gasteiger partial charge < -0.3 is 9.80 Å². The summed E-state index contributed by atoms with van der Waals surface area (Å²) in [7, 11) is 0. The lowest BCUT2D eigenvalue weighted by molar-refractivity contribution is -0.130. The summed E-state index contributed by atoms with van der Waals surface area (Å²) in [6.07, 6.45) is 0.487. The van der Waals surface area contributed by atoms with E-state index in [1.807, 2.05) is 17.0 Å². The van der Waals surface area contributed by atoms with Crippen molar-refractivity contribution in [2.24, 2.45) is 0 Å². The van der Waals surface area contributed by atoms with Crippen LogP contribution in [0.2, 0.25) is 0 Å². The van der Waals surface area contributed by atoms with E-state index in [4.69, 9.17) is 4.98 Å². The molecule has 4 rings (SSSR count). The van der Waals surface area contributed by atoms with Crippen molar-refractivity contribution in [1.82, 2.24) is 9.88 Å². The highest BCUT2D eigenvalue weighted by Gasteiger charge is 2.23. The van der Waals surface area contributed by atoms with E-state index < -0.39 is 0 Å². The van der Waals surface area contributed by atoms with E-state index in [0.717, 1.165) is 42.4 Å². The zero-order valence-corrected chi connectivity index (χ0v) is 17.0. The van der Waals surface area contributed by atoms with E-state index in [2.05, 4.69) is 49.9 Å². The van der Waals surface area contributed by atoms with E-state index in [0.29, 0.717) is 6.42 Å². The number of anilines is 1. The number of amides is 1. The van der Waals surface area contributed by atoms with E-state index >= 15 is 0 Å². The molecular formula is C22H25N3OS. The minimum atomic E-state index is 0.219. The van der Waals surface area contributed by atoms with Gasteiger partial charge >= 0.3 is 0 Å². The third kappa shape index (κ3) is 3.69. The summed E-state index contributed by atoms with van der Waals surface area (Å²) < 4.78 is 1.28. The number of thiazole rings is 1. The van der Waals surface area contributed by atoms with Gasteiger partial charge in [0.15, 0.2) is 5.13 Å². The third-order valence-electron chi connectivity index (χ3n) is 5.27. The van der Waals surface area contributed by atoms with E-state index in [1.54, 1.807) is 11.3 Å². The van der Waals surface area contributed by atoms with Gasteiger partial charge in [0, 0.05) is 26.2 Å². The van der Waals surface area contributed by atoms with E-state index in [9.17, 15) is 4.79 Å². The summed E-state index contributed by atoms with van der Waals surface area (Å²) in [4.78, 5) is 21.8. The fourth-order valence-electron chi connectivity index (χ4n) is 3.64. The predicted octanol–water partition coefficient (Wildman–Crippen LogP) is 4.11. The van der Waals surface area contributed by atoms with Gasteiger partial charge in [0.1, 0.15) is 0 Å². The molecule has 0 saturated carbocycles. The average molecular weight is 380 g/mol. The molecule has 140 valence electrons. The minimum absolute atomic E-state index is 0.219. The second kappa shape index (κ2) is 7.31. The first kappa shape index (κ1) is 18.0. The maximum absolute atomic E-state index is 12.6. The number of aryl methyl sites for hydroxylation is 3. The number of carbonyl (C=O) groups is 1. The van der Waals surface area contributed by atoms with Crippen LogP contribution in [0.5, 0.6) is 0 Å². The average Bonchev–Trinajstić information content (AvgIpc) is 3.12. The SMILES string of the molecule is Cc1cccc(CC(=O)N2CCN(c3nc4c(C)ccc(C)c4s3)CC2)c1. The van der Waals surface area contributed by atoms with Gasteiger partial charge in [0.05, 0.1) is 16.6 Å². The first-order chi connectivity index (χ1) is 13.0. The van der Waals surface area contributed by atoms with Gasteiger partial charge in [-0.05, 0) is 37.5 Å². The number of nitrogens with zero attached hydrogens (tertiary/aromatic N) is 3. The lowest BCUT2D eigenvalue weighted by Gasteiger charge is -2.34. The lowest BCUT2D eigenvalue weighted by Crippen LogP contribution is -2.49. The van der Waals surface area contributed by atoms with Crippen molar-refractivity contribution in [3.63, 3.8) is 0 Å². The molecule has 0 N–H and O–H groups in total. The highest BCUT2D eigenvalue weighted by molar-refractivity contribution is 7.22. The van der Waals surface area contributed by atoms with Crippen LogP contribution in [0.15, 0.2) is 36.4 Å². The zero-order valence-electron chi connectivity index (χ0n) is 16.2. The standard InChI is InChI=1S/C22H25N3OS/c1-15-5-4-6-18(13-15)14-19(26)24-9-11-25(12-10-24)22-23-20-16(2)7-8-17(3)21(20)27-22/h4-8,13H,9-12,14H2,1-3H3. The largest absolute Gasteiger partial charge is 0.345 e. The molecule has 0 radical (unpaired) electrons. The Morgan fingerprint density at radius 1 is 1.04 bits per heavy atom. The predicted molar refractivity (Wildman–Crippen MR) is 113 cm³/mol. The Bertz CT molecular complexity index is 947. The smallest absolute Gasteiger partial charge is 0.227 e. The van der Waals surface area contributed by atoms with Crippen molar-refractivity contribution in [3.05, 3.63) is 58.7 Å². The Hall–Kier alpha value is -2.40. The third-order valence-corrected chi connectivity index (χ3v) is 6.52. The van der Waals surface area contributed by atoms with Crippen LogP contribution in [0.4, 0.5) is 5.13 Å². The topological polar surface area (TPSA) is 36.4 Å². The van der Waals surface area contributed by atoms with Crippen LogP contribution in [0.25, 0.3) is 10.2 Å². The molecule has 4 nitrogen and oxygen atoms in total. The Balaban J connectivity index is 1.42. The molecule has 1 aromatic heterocycles. The summed E-state index contributed by atoms with van der Waals surface area (Å²) in [5, 5.41) is 1.08. The summed E-state index contributed by atoms with van der Waals surface area (Å²) in [6, 6.07) is 12.5. The maximum atomic E-state index is 12.6. The molecule has 3 aromatic rings.